The monoisotopic (exact) mass is 538 g/mol. The van der Waals surface area contributed by atoms with Crippen molar-refractivity contribution in [3.63, 3.8) is 0 Å². The van der Waals surface area contributed by atoms with Crippen LogP contribution in [0.3, 0.4) is 0 Å². The Morgan fingerprint density at radius 3 is 2.51 bits per heavy atom. The van der Waals surface area contributed by atoms with Crippen LogP contribution in [0.2, 0.25) is 0 Å². The van der Waals surface area contributed by atoms with Gasteiger partial charge in [-0.15, -0.1) is 0 Å². The summed E-state index contributed by atoms with van der Waals surface area (Å²) in [7, 11) is 0. The molecule has 0 bridgehead atoms. The number of carbonyl (C=O) groups is 3. The summed E-state index contributed by atoms with van der Waals surface area (Å²) >= 11 is 0. The molecule has 0 aromatic carbocycles. The average Bonchev–Trinajstić information content (AvgIpc) is 2.93. The smallest absolute Gasteiger partial charge is 0.333 e. The molecule has 1 saturated carbocycles. The Bertz CT molecular complexity index is 1230. The van der Waals surface area contributed by atoms with E-state index in [1.54, 1.807) is 26.8 Å². The lowest BCUT2D eigenvalue weighted by molar-refractivity contribution is -0.173. The van der Waals surface area contributed by atoms with Crippen LogP contribution >= 0.6 is 0 Å². The summed E-state index contributed by atoms with van der Waals surface area (Å²) in [5, 5.41) is 12.0. The highest BCUT2D eigenvalue weighted by Gasteiger charge is 2.66. The lowest BCUT2D eigenvalue weighted by Gasteiger charge is -2.53. The van der Waals surface area contributed by atoms with E-state index in [2.05, 4.69) is 20.8 Å². The number of fused-ring (bicyclic) bond motifs is 3. The van der Waals surface area contributed by atoms with Gasteiger partial charge in [0.05, 0.1) is 0 Å². The minimum absolute atomic E-state index is 0.0750. The van der Waals surface area contributed by atoms with Crippen LogP contribution in [0.25, 0.3) is 0 Å². The molecular weight excluding hydrogens is 496 g/mol. The molecule has 0 radical (unpaired) electrons. The van der Waals surface area contributed by atoms with Crippen LogP contribution in [-0.2, 0) is 28.6 Å². The number of allylic oxidation sites excluding steroid dienone is 2. The highest BCUT2D eigenvalue weighted by molar-refractivity contribution is 5.88. The number of carbonyl (C=O) groups excluding carboxylic acids is 3. The van der Waals surface area contributed by atoms with Crippen molar-refractivity contribution in [1.82, 2.24) is 0 Å². The molecule has 1 N–H and O–H groups in total. The van der Waals surface area contributed by atoms with Crippen LogP contribution in [-0.4, -0.2) is 46.4 Å². The number of hydrogen-bond donors (Lipinski definition) is 1. The summed E-state index contributed by atoms with van der Waals surface area (Å²) in [6.45, 7) is 13.5. The fraction of sp³-hybridized carbons (Fsp3) is 0.656. The van der Waals surface area contributed by atoms with E-state index >= 15 is 0 Å². The van der Waals surface area contributed by atoms with Gasteiger partial charge in [0.1, 0.15) is 23.4 Å². The summed E-state index contributed by atoms with van der Waals surface area (Å²) in [4.78, 5) is 37.1. The first kappa shape index (κ1) is 27.9. The van der Waals surface area contributed by atoms with Gasteiger partial charge in [-0.2, -0.15) is 0 Å². The van der Waals surface area contributed by atoms with Gasteiger partial charge in [-0.25, -0.2) is 9.59 Å². The van der Waals surface area contributed by atoms with Crippen LogP contribution in [0.5, 0.6) is 0 Å². The van der Waals surface area contributed by atoms with Gasteiger partial charge in [0.2, 0.25) is 0 Å². The average molecular weight is 539 g/mol. The van der Waals surface area contributed by atoms with E-state index in [-0.39, 0.29) is 41.4 Å². The van der Waals surface area contributed by atoms with Crippen LogP contribution in [0.4, 0.5) is 0 Å². The minimum Gasteiger partial charge on any atom is -0.462 e. The van der Waals surface area contributed by atoms with Gasteiger partial charge < -0.3 is 19.3 Å². The number of aliphatic hydroxyl groups is 1. The van der Waals surface area contributed by atoms with E-state index in [1.165, 1.54) is 18.6 Å². The van der Waals surface area contributed by atoms with Gasteiger partial charge >= 0.3 is 17.9 Å². The number of esters is 3. The van der Waals surface area contributed by atoms with Crippen LogP contribution in [0.15, 0.2) is 46.6 Å². The molecule has 0 saturated heterocycles. The molecule has 7 heteroatoms. The van der Waals surface area contributed by atoms with Gasteiger partial charge in [0.15, 0.2) is 0 Å². The third-order valence-corrected chi connectivity index (χ3v) is 11.1. The number of hydrogen-bond acceptors (Lipinski definition) is 7. The summed E-state index contributed by atoms with van der Waals surface area (Å²) in [5.41, 5.74) is 0.506. The molecule has 0 aromatic heterocycles. The second kappa shape index (κ2) is 9.18. The van der Waals surface area contributed by atoms with E-state index in [9.17, 15) is 19.5 Å². The zero-order valence-corrected chi connectivity index (χ0v) is 24.3. The largest absolute Gasteiger partial charge is 0.462 e. The molecular formula is C32H42O7. The lowest BCUT2D eigenvalue weighted by atomic mass is 9.52. The molecule has 5 rings (SSSR count). The predicted molar refractivity (Wildman–Crippen MR) is 145 cm³/mol. The highest BCUT2D eigenvalue weighted by Crippen LogP contribution is 2.69. The topological polar surface area (TPSA) is 99.1 Å². The summed E-state index contributed by atoms with van der Waals surface area (Å²) < 4.78 is 17.6. The standard InChI is InChI=1S/C32H42O7/c1-18-8-10-25(38-28(18)35)19(2)24-17-26(37-20(3)33)31(7)23-13-15-32(36)22(9-11-27(34)39-29(32,4)5)16-21(23)12-14-30(24,31)6/h8-9,11,16,19,24-26,36H,10,12-15,17H2,1-7H3. The van der Waals surface area contributed by atoms with Crippen molar-refractivity contribution in [2.45, 2.75) is 110 Å². The minimum atomic E-state index is -1.36. The van der Waals surface area contributed by atoms with Crippen molar-refractivity contribution < 1.29 is 33.7 Å². The second-order valence-electron chi connectivity index (χ2n) is 13.2. The molecule has 0 amide bonds. The van der Waals surface area contributed by atoms with Crippen molar-refractivity contribution >= 4 is 17.9 Å². The first-order chi connectivity index (χ1) is 18.1. The summed E-state index contributed by atoms with van der Waals surface area (Å²) in [5.74, 6) is -0.791. The molecule has 7 atom stereocenters. The first-order valence-electron chi connectivity index (χ1n) is 14.3. The normalized spacial score (nSPS) is 40.1. The van der Waals surface area contributed by atoms with E-state index < -0.39 is 22.6 Å². The molecule has 0 spiro atoms. The van der Waals surface area contributed by atoms with Crippen LogP contribution in [0, 0.1) is 22.7 Å². The fourth-order valence-corrected chi connectivity index (χ4v) is 8.44. The SMILES string of the molecule is CC(=O)OC1CC(C(C)C2CC=C(C)C(=O)O2)C2(C)CCC3=C(CCC4(O)C(=C3)C=CC(=O)OC4(C)C)C12C. The Balaban J connectivity index is 1.58. The molecule has 212 valence electrons. The third-order valence-electron chi connectivity index (χ3n) is 11.1. The van der Waals surface area contributed by atoms with Crippen molar-refractivity contribution in [3.05, 3.63) is 46.6 Å². The molecule has 39 heavy (non-hydrogen) atoms. The van der Waals surface area contributed by atoms with E-state index in [0.29, 0.717) is 36.8 Å². The van der Waals surface area contributed by atoms with Gasteiger partial charge in [0.25, 0.3) is 0 Å². The van der Waals surface area contributed by atoms with E-state index in [1.807, 2.05) is 12.2 Å². The third kappa shape index (κ3) is 4.06. The maximum atomic E-state index is 12.4. The van der Waals surface area contributed by atoms with Gasteiger partial charge in [0, 0.05) is 30.4 Å². The molecule has 1 fully saturated rings. The van der Waals surface area contributed by atoms with Crippen molar-refractivity contribution in [2.24, 2.45) is 22.7 Å². The van der Waals surface area contributed by atoms with Gasteiger partial charge in [-0.1, -0.05) is 38.5 Å². The zero-order valence-electron chi connectivity index (χ0n) is 24.3. The lowest BCUT2D eigenvalue weighted by Crippen LogP contribution is -2.53. The Morgan fingerprint density at radius 2 is 1.85 bits per heavy atom. The van der Waals surface area contributed by atoms with E-state index in [0.717, 1.165) is 18.4 Å². The molecule has 5 aliphatic rings. The fourth-order valence-electron chi connectivity index (χ4n) is 8.44. The maximum Gasteiger partial charge on any atom is 0.333 e. The molecule has 2 aliphatic heterocycles. The molecule has 2 heterocycles. The van der Waals surface area contributed by atoms with Gasteiger partial charge in [-0.3, -0.25) is 4.79 Å². The molecule has 3 aliphatic carbocycles. The Labute approximate surface area is 231 Å². The maximum absolute atomic E-state index is 12.4. The summed E-state index contributed by atoms with van der Waals surface area (Å²) in [6, 6.07) is 0. The Morgan fingerprint density at radius 1 is 1.13 bits per heavy atom. The molecule has 7 nitrogen and oxygen atoms in total. The van der Waals surface area contributed by atoms with Crippen molar-refractivity contribution in [3.8, 4) is 0 Å². The number of rotatable bonds is 3. The van der Waals surface area contributed by atoms with Gasteiger partial charge in [-0.05, 0) is 87.3 Å². The number of ether oxygens (including phenoxy) is 3. The summed E-state index contributed by atoms with van der Waals surface area (Å²) in [6.07, 6.45) is 10.6. The predicted octanol–water partition coefficient (Wildman–Crippen LogP) is 5.28. The highest BCUT2D eigenvalue weighted by atomic mass is 16.6. The van der Waals surface area contributed by atoms with Crippen LogP contribution < -0.4 is 0 Å². The number of cyclic esters (lactones) is 2. The van der Waals surface area contributed by atoms with Crippen LogP contribution in [0.1, 0.15) is 87.0 Å². The van der Waals surface area contributed by atoms with E-state index in [4.69, 9.17) is 14.2 Å². The van der Waals surface area contributed by atoms with Crippen molar-refractivity contribution in [1.29, 1.82) is 0 Å². The Hall–Kier alpha value is -2.67. The molecule has 0 aromatic rings. The second-order valence-corrected chi connectivity index (χ2v) is 13.2. The van der Waals surface area contributed by atoms with Crippen molar-refractivity contribution in [2.75, 3.05) is 0 Å². The molecule has 7 unspecified atom stereocenters. The quantitative estimate of drug-likeness (QED) is 0.385. The zero-order chi connectivity index (χ0) is 28.5. The first-order valence-corrected chi connectivity index (χ1v) is 14.3. The Kier molecular flexibility index (Phi) is 6.57.